The molecule has 0 spiro atoms. The van der Waals surface area contributed by atoms with Gasteiger partial charge in [-0.25, -0.2) is 9.50 Å². The fourth-order valence-electron chi connectivity index (χ4n) is 2.52. The number of aryl methyl sites for hydroxylation is 1. The predicted molar refractivity (Wildman–Crippen MR) is 91.2 cm³/mol. The Morgan fingerprint density at radius 2 is 2.08 bits per heavy atom. The summed E-state index contributed by atoms with van der Waals surface area (Å²) in [7, 11) is 0. The molecule has 3 heterocycles. The maximum Gasteiger partial charge on any atom is 0.296 e. The predicted octanol–water partition coefficient (Wildman–Crippen LogP) is 1.93. The lowest BCUT2D eigenvalue weighted by atomic mass is 10.1. The summed E-state index contributed by atoms with van der Waals surface area (Å²) in [6.45, 7) is 2.68. The number of fused-ring (bicyclic) bond motifs is 1. The van der Waals surface area contributed by atoms with E-state index in [1.165, 1.54) is 10.1 Å². The van der Waals surface area contributed by atoms with Gasteiger partial charge in [0.25, 0.3) is 11.7 Å². The highest BCUT2D eigenvalue weighted by molar-refractivity contribution is 6.01. The van der Waals surface area contributed by atoms with Crippen molar-refractivity contribution in [3.8, 4) is 0 Å². The van der Waals surface area contributed by atoms with Crippen LogP contribution in [0.4, 0.5) is 5.82 Å². The van der Waals surface area contributed by atoms with Crippen LogP contribution < -0.4 is 5.32 Å². The van der Waals surface area contributed by atoms with Crippen LogP contribution in [0, 0.1) is 6.92 Å². The summed E-state index contributed by atoms with van der Waals surface area (Å²) in [5.41, 5.74) is 2.35. The Morgan fingerprint density at radius 1 is 1.16 bits per heavy atom. The van der Waals surface area contributed by atoms with Crippen molar-refractivity contribution < 1.29 is 4.79 Å². The Bertz CT molecular complexity index is 1020. The first-order chi connectivity index (χ1) is 12.2. The van der Waals surface area contributed by atoms with Crippen molar-refractivity contribution in [3.63, 3.8) is 0 Å². The Kier molecular flexibility index (Phi) is 3.70. The maximum absolute atomic E-state index is 12.3. The Balaban J connectivity index is 1.47. The van der Waals surface area contributed by atoms with E-state index in [2.05, 4.69) is 44.5 Å². The highest BCUT2D eigenvalue weighted by Gasteiger charge is 2.14. The average Bonchev–Trinajstić information content (AvgIpc) is 3.21. The minimum Gasteiger partial charge on any atom is -0.302 e. The number of rotatable bonds is 4. The van der Waals surface area contributed by atoms with Gasteiger partial charge < -0.3 is 5.32 Å². The average molecular weight is 333 g/mol. The molecule has 0 fully saturated rings. The largest absolute Gasteiger partial charge is 0.302 e. The van der Waals surface area contributed by atoms with Gasteiger partial charge in [-0.3, -0.25) is 9.48 Å². The smallest absolute Gasteiger partial charge is 0.296 e. The van der Waals surface area contributed by atoms with Crippen molar-refractivity contribution in [3.05, 3.63) is 71.9 Å². The highest BCUT2D eigenvalue weighted by atomic mass is 16.2. The molecule has 8 heteroatoms. The van der Waals surface area contributed by atoms with E-state index in [4.69, 9.17) is 0 Å². The van der Waals surface area contributed by atoms with Gasteiger partial charge in [-0.2, -0.15) is 10.1 Å². The number of benzene rings is 1. The lowest BCUT2D eigenvalue weighted by Crippen LogP contribution is -2.14. The van der Waals surface area contributed by atoms with E-state index in [-0.39, 0.29) is 5.82 Å². The van der Waals surface area contributed by atoms with Gasteiger partial charge in [-0.1, -0.05) is 29.8 Å². The molecule has 4 aromatic rings. The van der Waals surface area contributed by atoms with Crippen LogP contribution in [0.25, 0.3) is 5.78 Å². The van der Waals surface area contributed by atoms with E-state index in [9.17, 15) is 4.79 Å². The molecule has 0 aliphatic carbocycles. The number of hydrogen-bond donors (Lipinski definition) is 1. The fourth-order valence-corrected chi connectivity index (χ4v) is 2.52. The van der Waals surface area contributed by atoms with Crippen molar-refractivity contribution in [1.82, 2.24) is 29.4 Å². The first-order valence-corrected chi connectivity index (χ1v) is 7.75. The third kappa shape index (κ3) is 3.23. The third-order valence-corrected chi connectivity index (χ3v) is 3.63. The van der Waals surface area contributed by atoms with Crippen LogP contribution in [0.15, 0.2) is 55.0 Å². The number of nitrogens with one attached hydrogen (secondary N) is 1. The number of aromatic nitrogens is 6. The molecule has 4 rings (SSSR count). The van der Waals surface area contributed by atoms with Crippen molar-refractivity contribution in [1.29, 1.82) is 0 Å². The van der Waals surface area contributed by atoms with Gasteiger partial charge in [0.2, 0.25) is 5.82 Å². The maximum atomic E-state index is 12.3. The summed E-state index contributed by atoms with van der Waals surface area (Å²) >= 11 is 0. The number of nitrogens with zero attached hydrogens (tertiary/aromatic N) is 6. The molecule has 0 unspecified atom stereocenters. The molecule has 0 saturated heterocycles. The van der Waals surface area contributed by atoms with Crippen molar-refractivity contribution >= 4 is 17.5 Å². The van der Waals surface area contributed by atoms with Crippen molar-refractivity contribution in [2.45, 2.75) is 13.5 Å². The summed E-state index contributed by atoms with van der Waals surface area (Å²) in [5.74, 6) is 0.445. The number of amides is 1. The molecule has 0 atom stereocenters. The number of anilines is 1. The van der Waals surface area contributed by atoms with Crippen molar-refractivity contribution in [2.75, 3.05) is 5.32 Å². The van der Waals surface area contributed by atoms with E-state index in [1.54, 1.807) is 29.2 Å². The SMILES string of the molecule is Cc1cccc(Cn2ccc(NC(=O)c3nc4ncccn4n3)n2)c1. The molecular formula is C17H15N7O. The second-order valence-corrected chi connectivity index (χ2v) is 5.64. The summed E-state index contributed by atoms with van der Waals surface area (Å²) in [6.07, 6.45) is 5.10. The van der Waals surface area contributed by atoms with Crippen LogP contribution in [-0.2, 0) is 6.54 Å². The molecule has 8 nitrogen and oxygen atoms in total. The highest BCUT2D eigenvalue weighted by Crippen LogP contribution is 2.09. The third-order valence-electron chi connectivity index (χ3n) is 3.63. The van der Waals surface area contributed by atoms with Crippen LogP contribution >= 0.6 is 0 Å². The molecule has 0 saturated carbocycles. The molecule has 1 N–H and O–H groups in total. The van der Waals surface area contributed by atoms with E-state index < -0.39 is 5.91 Å². The van der Waals surface area contributed by atoms with Gasteiger partial charge in [0, 0.05) is 24.7 Å². The second kappa shape index (κ2) is 6.16. The molecule has 0 bridgehead atoms. The Morgan fingerprint density at radius 3 is 2.92 bits per heavy atom. The van der Waals surface area contributed by atoms with E-state index in [0.717, 1.165) is 5.56 Å². The van der Waals surface area contributed by atoms with Gasteiger partial charge in [0.05, 0.1) is 6.54 Å². The monoisotopic (exact) mass is 333 g/mol. The summed E-state index contributed by atoms with van der Waals surface area (Å²) in [5, 5.41) is 11.2. The zero-order valence-electron chi connectivity index (χ0n) is 13.5. The molecule has 3 aromatic heterocycles. The Labute approximate surface area is 143 Å². The molecule has 0 aliphatic heterocycles. The van der Waals surface area contributed by atoms with Crippen LogP contribution in [0.1, 0.15) is 21.7 Å². The van der Waals surface area contributed by atoms with Gasteiger partial charge >= 0.3 is 0 Å². The summed E-state index contributed by atoms with van der Waals surface area (Å²) in [4.78, 5) is 20.4. The fraction of sp³-hybridized carbons (Fsp3) is 0.118. The zero-order valence-corrected chi connectivity index (χ0v) is 13.5. The van der Waals surface area contributed by atoms with Crippen molar-refractivity contribution in [2.24, 2.45) is 0 Å². The minimum absolute atomic E-state index is 0.0481. The van der Waals surface area contributed by atoms with Gasteiger partial charge in [0.1, 0.15) is 0 Å². The first kappa shape index (κ1) is 15.0. The lowest BCUT2D eigenvalue weighted by Gasteiger charge is -2.03. The molecule has 0 aliphatic rings. The van der Waals surface area contributed by atoms with Crippen LogP contribution in [0.3, 0.4) is 0 Å². The first-order valence-electron chi connectivity index (χ1n) is 7.75. The zero-order chi connectivity index (χ0) is 17.2. The molecule has 1 aromatic carbocycles. The summed E-state index contributed by atoms with van der Waals surface area (Å²) in [6, 6.07) is 11.7. The van der Waals surface area contributed by atoms with E-state index >= 15 is 0 Å². The van der Waals surface area contributed by atoms with Crippen LogP contribution in [0.5, 0.6) is 0 Å². The normalized spacial score (nSPS) is 10.9. The number of carbonyl (C=O) groups is 1. The Hall–Kier alpha value is -3.55. The van der Waals surface area contributed by atoms with E-state index in [0.29, 0.717) is 18.1 Å². The van der Waals surface area contributed by atoms with Gasteiger partial charge in [-0.15, -0.1) is 5.10 Å². The number of carbonyl (C=O) groups excluding carboxylic acids is 1. The molecular weight excluding hydrogens is 318 g/mol. The minimum atomic E-state index is -0.425. The van der Waals surface area contributed by atoms with Crippen LogP contribution in [0.2, 0.25) is 0 Å². The molecule has 124 valence electrons. The quantitative estimate of drug-likeness (QED) is 0.616. The van der Waals surface area contributed by atoms with E-state index in [1.807, 2.05) is 18.3 Å². The number of hydrogen-bond acceptors (Lipinski definition) is 5. The summed E-state index contributed by atoms with van der Waals surface area (Å²) < 4.78 is 3.22. The molecule has 1 amide bonds. The van der Waals surface area contributed by atoms with Gasteiger partial charge in [0.15, 0.2) is 5.82 Å². The van der Waals surface area contributed by atoms with Crippen LogP contribution in [-0.4, -0.2) is 35.3 Å². The standard InChI is InChI=1S/C17H15N7O/c1-12-4-2-5-13(10-12)11-23-9-6-14(21-23)19-16(25)15-20-17-18-7-3-8-24(17)22-15/h2-10H,11H2,1H3,(H,19,21,25). The van der Waals surface area contributed by atoms with Gasteiger partial charge in [-0.05, 0) is 18.6 Å². The molecule has 0 radical (unpaired) electrons. The molecule has 25 heavy (non-hydrogen) atoms. The topological polar surface area (TPSA) is 90.0 Å². The lowest BCUT2D eigenvalue weighted by molar-refractivity contribution is 0.101. The second-order valence-electron chi connectivity index (χ2n) is 5.64.